The first kappa shape index (κ1) is 20.7. The maximum Gasteiger partial charge on any atom is 0.205 e. The predicted molar refractivity (Wildman–Crippen MR) is 118 cm³/mol. The van der Waals surface area contributed by atoms with Crippen molar-refractivity contribution in [3.05, 3.63) is 34.5 Å². The van der Waals surface area contributed by atoms with Crippen molar-refractivity contribution in [1.82, 2.24) is 0 Å². The second-order valence-corrected chi connectivity index (χ2v) is 12.9. The summed E-state index contributed by atoms with van der Waals surface area (Å²) in [6, 6.07) is 3.50. The van der Waals surface area contributed by atoms with E-state index in [1.165, 1.54) is 11.3 Å². The van der Waals surface area contributed by atoms with Crippen LogP contribution in [0.1, 0.15) is 49.2 Å². The van der Waals surface area contributed by atoms with Gasteiger partial charge < -0.3 is 14.9 Å². The lowest BCUT2D eigenvalue weighted by atomic mass is 9.18. The summed E-state index contributed by atoms with van der Waals surface area (Å²) in [4.78, 5) is 42.3. The molecule has 0 radical (unpaired) electrons. The zero-order chi connectivity index (χ0) is 23.3. The van der Waals surface area contributed by atoms with E-state index in [4.69, 9.17) is 4.74 Å². The van der Waals surface area contributed by atoms with E-state index in [0.717, 1.165) is 6.42 Å². The van der Waals surface area contributed by atoms with Gasteiger partial charge in [0.15, 0.2) is 11.6 Å². The molecule has 7 aliphatic rings. The SMILES string of the molecule is C=C1C2CCC3C45COC(O)(C(O)C4C(C)(C)CCC5=O)C34C(=O)C1(C(=O)c1cccs1)C24. The number of hydrogen-bond donors (Lipinski definition) is 2. The summed E-state index contributed by atoms with van der Waals surface area (Å²) < 4.78 is 6.01. The van der Waals surface area contributed by atoms with E-state index in [2.05, 4.69) is 6.58 Å². The average molecular weight is 469 g/mol. The standard InChI is InChI=1S/C26H28O6S/c1-12-13-6-7-15-23-11-32-26(31,20(29)18(23)22(2,3)9-8-16(23)27)25(15)17(13)24(12,21(25)30)19(28)14-5-4-10-33-14/h4-5,10,13,15,17-18,20,29,31H,1,6-9,11H2,2-3H3. The summed E-state index contributed by atoms with van der Waals surface area (Å²) in [6.07, 6.45) is 0.956. The Hall–Kier alpha value is -1.67. The lowest BCUT2D eigenvalue weighted by Gasteiger charge is -2.84. The summed E-state index contributed by atoms with van der Waals surface area (Å²) in [7, 11) is 0. The molecule has 1 aromatic rings. The Morgan fingerprint density at radius 3 is 2.70 bits per heavy atom. The summed E-state index contributed by atoms with van der Waals surface area (Å²) in [5, 5.41) is 25.6. The molecule has 2 saturated heterocycles. The normalized spacial score (nSPS) is 52.8. The van der Waals surface area contributed by atoms with Crippen molar-refractivity contribution < 1.29 is 29.3 Å². The fourth-order valence-electron chi connectivity index (χ4n) is 9.81. The van der Waals surface area contributed by atoms with Gasteiger partial charge in [0, 0.05) is 18.3 Å². The summed E-state index contributed by atoms with van der Waals surface area (Å²) in [5.41, 5.74) is -3.58. The van der Waals surface area contributed by atoms with Crippen molar-refractivity contribution in [2.45, 2.75) is 51.4 Å². The van der Waals surface area contributed by atoms with Gasteiger partial charge in [-0.15, -0.1) is 11.3 Å². The lowest BCUT2D eigenvalue weighted by molar-refractivity contribution is -0.459. The molecular formula is C26H28O6S. The Morgan fingerprint density at radius 1 is 1.24 bits per heavy atom. The van der Waals surface area contributed by atoms with Gasteiger partial charge in [-0.1, -0.05) is 32.1 Å². The van der Waals surface area contributed by atoms with E-state index in [1.807, 2.05) is 13.8 Å². The van der Waals surface area contributed by atoms with E-state index in [-0.39, 0.29) is 35.3 Å². The molecule has 8 rings (SSSR count). The minimum atomic E-state index is -2.10. The van der Waals surface area contributed by atoms with Gasteiger partial charge in [0.1, 0.15) is 17.3 Å². The fraction of sp³-hybridized carbons (Fsp3) is 0.654. The van der Waals surface area contributed by atoms with Crippen LogP contribution in [0.3, 0.4) is 0 Å². The van der Waals surface area contributed by atoms with Crippen LogP contribution < -0.4 is 0 Å². The van der Waals surface area contributed by atoms with E-state index in [9.17, 15) is 24.6 Å². The van der Waals surface area contributed by atoms with Crippen molar-refractivity contribution in [1.29, 1.82) is 0 Å². The molecule has 2 spiro atoms. The van der Waals surface area contributed by atoms with Gasteiger partial charge >= 0.3 is 0 Å². The van der Waals surface area contributed by atoms with Crippen LogP contribution in [0, 0.1) is 45.3 Å². The highest BCUT2D eigenvalue weighted by Crippen LogP contribution is 2.87. The minimum Gasteiger partial charge on any atom is -0.387 e. The van der Waals surface area contributed by atoms with E-state index in [1.54, 1.807) is 17.5 Å². The van der Waals surface area contributed by atoms with Gasteiger partial charge in [0.25, 0.3) is 0 Å². The Morgan fingerprint density at radius 2 is 2.00 bits per heavy atom. The first-order chi connectivity index (χ1) is 15.5. The van der Waals surface area contributed by atoms with Crippen LogP contribution >= 0.6 is 11.3 Å². The third-order valence-electron chi connectivity index (χ3n) is 10.8. The first-order valence-corrected chi connectivity index (χ1v) is 12.8. The molecule has 2 N–H and O–H groups in total. The number of carbonyl (C=O) groups excluding carboxylic acids is 3. The highest BCUT2D eigenvalue weighted by molar-refractivity contribution is 7.12. The molecule has 0 aromatic carbocycles. The smallest absolute Gasteiger partial charge is 0.205 e. The van der Waals surface area contributed by atoms with Crippen molar-refractivity contribution in [2.24, 2.45) is 45.3 Å². The maximum absolute atomic E-state index is 14.4. The summed E-state index contributed by atoms with van der Waals surface area (Å²) in [5.74, 6) is -4.23. The van der Waals surface area contributed by atoms with Crippen molar-refractivity contribution in [2.75, 3.05) is 6.61 Å². The molecule has 2 bridgehead atoms. The highest BCUT2D eigenvalue weighted by atomic mass is 32.1. The number of allylic oxidation sites excluding steroid dienone is 1. The number of aliphatic hydroxyl groups is 2. The first-order valence-electron chi connectivity index (χ1n) is 11.9. The Balaban J connectivity index is 1.46. The predicted octanol–water partition coefficient (Wildman–Crippen LogP) is 2.78. The lowest BCUT2D eigenvalue weighted by Crippen LogP contribution is -2.95. The number of rotatable bonds is 2. The molecule has 5 saturated carbocycles. The summed E-state index contributed by atoms with van der Waals surface area (Å²) in [6.45, 7) is 8.28. The van der Waals surface area contributed by atoms with Crippen LogP contribution in [0.15, 0.2) is 29.7 Å². The molecule has 3 heterocycles. The van der Waals surface area contributed by atoms with Gasteiger partial charge in [-0.2, -0.15) is 0 Å². The maximum atomic E-state index is 14.4. The Labute approximate surface area is 196 Å². The van der Waals surface area contributed by atoms with Crippen molar-refractivity contribution >= 4 is 28.7 Å². The van der Waals surface area contributed by atoms with Gasteiger partial charge in [-0.05, 0) is 48.0 Å². The third kappa shape index (κ3) is 1.68. The second kappa shape index (κ2) is 5.59. The molecule has 33 heavy (non-hydrogen) atoms. The molecule has 5 aliphatic carbocycles. The molecule has 7 heteroatoms. The number of fused-ring (bicyclic) bond motifs is 1. The fourth-order valence-corrected chi connectivity index (χ4v) is 10.5. The number of hydrogen-bond acceptors (Lipinski definition) is 7. The van der Waals surface area contributed by atoms with Crippen LogP contribution in [-0.4, -0.2) is 46.1 Å². The van der Waals surface area contributed by atoms with Crippen LogP contribution in [0.25, 0.3) is 0 Å². The van der Waals surface area contributed by atoms with Crippen molar-refractivity contribution in [3.8, 4) is 0 Å². The number of thiophene rings is 1. The average Bonchev–Trinajstić information content (AvgIpc) is 3.31. The number of ether oxygens (including phenoxy) is 1. The molecule has 9 unspecified atom stereocenters. The number of Topliss-reactive ketones (excluding diaryl/α,β-unsaturated/α-hetero) is 3. The number of carbonyl (C=O) groups is 3. The highest BCUT2D eigenvalue weighted by Gasteiger charge is 2.96. The zero-order valence-corrected chi connectivity index (χ0v) is 19.6. The van der Waals surface area contributed by atoms with Crippen LogP contribution in [0.5, 0.6) is 0 Å². The second-order valence-electron chi connectivity index (χ2n) is 11.9. The summed E-state index contributed by atoms with van der Waals surface area (Å²) >= 11 is 1.29. The number of aliphatic hydroxyl groups excluding tert-OH is 1. The Kier molecular flexibility index (Phi) is 3.50. The van der Waals surface area contributed by atoms with Gasteiger partial charge in [0.05, 0.1) is 22.3 Å². The van der Waals surface area contributed by atoms with Gasteiger partial charge in [-0.3, -0.25) is 14.4 Å². The van der Waals surface area contributed by atoms with E-state index in [0.29, 0.717) is 29.7 Å². The van der Waals surface area contributed by atoms with Crippen LogP contribution in [-0.2, 0) is 14.3 Å². The number of ketones is 3. The topological polar surface area (TPSA) is 101 Å². The molecular weight excluding hydrogens is 440 g/mol. The van der Waals surface area contributed by atoms with E-state index >= 15 is 0 Å². The zero-order valence-electron chi connectivity index (χ0n) is 18.8. The molecule has 0 amide bonds. The van der Waals surface area contributed by atoms with Gasteiger partial charge in [-0.25, -0.2) is 0 Å². The quantitative estimate of drug-likeness (QED) is 0.393. The minimum absolute atomic E-state index is 0.0252. The van der Waals surface area contributed by atoms with Crippen LogP contribution in [0.4, 0.5) is 0 Å². The van der Waals surface area contributed by atoms with Crippen molar-refractivity contribution in [3.63, 3.8) is 0 Å². The monoisotopic (exact) mass is 468 g/mol. The third-order valence-corrected chi connectivity index (χ3v) is 11.7. The Bertz CT molecular complexity index is 1170. The molecule has 174 valence electrons. The molecule has 2 aliphatic heterocycles. The molecule has 6 nitrogen and oxygen atoms in total. The molecule has 1 aromatic heterocycles. The van der Waals surface area contributed by atoms with E-state index < -0.39 is 45.9 Å². The molecule has 7 fully saturated rings. The van der Waals surface area contributed by atoms with Crippen LogP contribution in [0.2, 0.25) is 0 Å². The largest absolute Gasteiger partial charge is 0.387 e. The van der Waals surface area contributed by atoms with Gasteiger partial charge in [0.2, 0.25) is 5.79 Å². The molecule has 9 atom stereocenters.